The van der Waals surface area contributed by atoms with Gasteiger partial charge in [0.1, 0.15) is 0 Å². The first-order valence-electron chi connectivity index (χ1n) is 5.65. The molecule has 0 heterocycles. The van der Waals surface area contributed by atoms with E-state index in [-0.39, 0.29) is 0 Å². The van der Waals surface area contributed by atoms with E-state index in [4.69, 9.17) is 0 Å². The zero-order valence-corrected chi connectivity index (χ0v) is 11.3. The lowest BCUT2D eigenvalue weighted by Gasteiger charge is -2.09. The molecule has 0 spiro atoms. The van der Waals surface area contributed by atoms with E-state index in [0.717, 1.165) is 11.1 Å². The molecule has 4 heteroatoms. The van der Waals surface area contributed by atoms with Crippen LogP contribution in [0.2, 0.25) is 0 Å². The maximum absolute atomic E-state index is 12.0. The molecule has 0 atom stereocenters. The van der Waals surface area contributed by atoms with E-state index in [2.05, 4.69) is 4.72 Å². The molecule has 0 amide bonds. The Hall–Kier alpha value is -1.13. The summed E-state index contributed by atoms with van der Waals surface area (Å²) in [7, 11) is -3.38. The molecule has 0 saturated heterocycles. The van der Waals surface area contributed by atoms with E-state index in [9.17, 15) is 8.42 Å². The molecular weight excluding hydrogens is 234 g/mol. The van der Waals surface area contributed by atoms with Gasteiger partial charge in [-0.15, -0.1) is 0 Å². The molecule has 0 saturated carbocycles. The van der Waals surface area contributed by atoms with Crippen molar-refractivity contribution in [1.82, 2.24) is 4.72 Å². The minimum atomic E-state index is -3.38. The summed E-state index contributed by atoms with van der Waals surface area (Å²) in [5.41, 5.74) is 1.72. The largest absolute Gasteiger partial charge is 0.240 e. The highest BCUT2D eigenvalue weighted by molar-refractivity contribution is 7.89. The zero-order chi connectivity index (χ0) is 12.9. The van der Waals surface area contributed by atoms with Gasteiger partial charge in [-0.25, -0.2) is 13.1 Å². The Morgan fingerprint density at radius 3 is 2.65 bits per heavy atom. The van der Waals surface area contributed by atoms with Crippen LogP contribution in [0.25, 0.3) is 0 Å². The molecule has 0 radical (unpaired) electrons. The summed E-state index contributed by atoms with van der Waals surface area (Å²) in [6.45, 7) is 6.04. The highest BCUT2D eigenvalue weighted by Gasteiger charge is 2.15. The predicted octanol–water partition coefficient (Wildman–Crippen LogP) is 2.55. The lowest BCUT2D eigenvalue weighted by atomic mass is 10.2. The normalized spacial score (nSPS) is 12.2. The van der Waals surface area contributed by atoms with Crippen LogP contribution in [0.1, 0.15) is 24.5 Å². The van der Waals surface area contributed by atoms with E-state index < -0.39 is 10.0 Å². The van der Waals surface area contributed by atoms with E-state index >= 15 is 0 Å². The number of sulfonamides is 1. The maximum Gasteiger partial charge on any atom is 0.240 e. The third kappa shape index (κ3) is 3.98. The van der Waals surface area contributed by atoms with Crippen molar-refractivity contribution < 1.29 is 8.42 Å². The molecule has 17 heavy (non-hydrogen) atoms. The Morgan fingerprint density at radius 2 is 2.00 bits per heavy atom. The lowest BCUT2D eigenvalue weighted by molar-refractivity contribution is 0.581. The molecule has 0 aromatic heterocycles. The molecule has 0 fully saturated rings. The predicted molar refractivity (Wildman–Crippen MR) is 70.5 cm³/mol. The molecule has 1 aromatic carbocycles. The van der Waals surface area contributed by atoms with E-state index in [1.54, 1.807) is 13.0 Å². The van der Waals surface area contributed by atoms with Crippen LogP contribution in [0.5, 0.6) is 0 Å². The third-order valence-electron chi connectivity index (χ3n) is 2.47. The second kappa shape index (κ2) is 5.98. The Morgan fingerprint density at radius 1 is 1.29 bits per heavy atom. The fourth-order valence-corrected chi connectivity index (χ4v) is 2.89. The molecule has 0 aliphatic rings. The quantitative estimate of drug-likeness (QED) is 0.647. The monoisotopic (exact) mass is 253 g/mol. The minimum Gasteiger partial charge on any atom is -0.211 e. The fourth-order valence-electron chi connectivity index (χ4n) is 1.52. The first-order valence-corrected chi connectivity index (χ1v) is 7.14. The summed E-state index contributed by atoms with van der Waals surface area (Å²) >= 11 is 0. The van der Waals surface area contributed by atoms with Crippen LogP contribution < -0.4 is 4.72 Å². The van der Waals surface area contributed by atoms with Crippen molar-refractivity contribution in [1.29, 1.82) is 0 Å². The molecule has 1 aromatic rings. The average Bonchev–Trinajstić information content (AvgIpc) is 2.28. The van der Waals surface area contributed by atoms with Crippen molar-refractivity contribution in [3.8, 4) is 0 Å². The number of aryl methyl sites for hydroxylation is 2. The second-order valence-electron chi connectivity index (χ2n) is 4.02. The summed E-state index contributed by atoms with van der Waals surface area (Å²) in [6, 6.07) is 5.44. The van der Waals surface area contributed by atoms with Gasteiger partial charge in [-0.05, 0) is 44.4 Å². The summed E-state index contributed by atoms with van der Waals surface area (Å²) in [6.07, 6.45) is 4.55. The standard InChI is InChI=1S/C13H19NO2S/c1-4-5-6-9-14-17(15,16)13-10-11(2)7-8-12(13)3/h4-5,7-8,10,14H,6,9H2,1-3H3/b5-4+. The average molecular weight is 253 g/mol. The Labute approximate surface area is 104 Å². The van der Waals surface area contributed by atoms with Crippen molar-refractivity contribution in [2.24, 2.45) is 0 Å². The van der Waals surface area contributed by atoms with E-state index in [0.29, 0.717) is 17.9 Å². The number of allylic oxidation sites excluding steroid dienone is 1. The van der Waals surface area contributed by atoms with Crippen LogP contribution in [0.15, 0.2) is 35.2 Å². The van der Waals surface area contributed by atoms with Gasteiger partial charge in [0.2, 0.25) is 10.0 Å². The first-order chi connectivity index (χ1) is 7.97. The zero-order valence-electron chi connectivity index (χ0n) is 10.5. The van der Waals surface area contributed by atoms with Gasteiger partial charge in [0.25, 0.3) is 0 Å². The minimum absolute atomic E-state index is 0.373. The number of nitrogens with one attached hydrogen (secondary N) is 1. The second-order valence-corrected chi connectivity index (χ2v) is 5.76. The van der Waals surface area contributed by atoms with Gasteiger partial charge in [0.15, 0.2) is 0 Å². The van der Waals surface area contributed by atoms with Crippen LogP contribution in [0.4, 0.5) is 0 Å². The fraction of sp³-hybridized carbons (Fsp3) is 0.385. The van der Waals surface area contributed by atoms with E-state index in [1.807, 2.05) is 38.1 Å². The Kier molecular flexibility index (Phi) is 4.90. The van der Waals surface area contributed by atoms with Crippen LogP contribution in [0.3, 0.4) is 0 Å². The smallest absolute Gasteiger partial charge is 0.211 e. The molecule has 1 N–H and O–H groups in total. The molecule has 3 nitrogen and oxygen atoms in total. The van der Waals surface area contributed by atoms with Crippen LogP contribution in [0, 0.1) is 13.8 Å². The molecule has 0 unspecified atom stereocenters. The van der Waals surface area contributed by atoms with Crippen LogP contribution >= 0.6 is 0 Å². The van der Waals surface area contributed by atoms with Crippen molar-refractivity contribution >= 4 is 10.0 Å². The van der Waals surface area contributed by atoms with Crippen LogP contribution in [-0.4, -0.2) is 15.0 Å². The van der Waals surface area contributed by atoms with Crippen molar-refractivity contribution in [3.63, 3.8) is 0 Å². The van der Waals surface area contributed by atoms with Crippen molar-refractivity contribution in [2.75, 3.05) is 6.54 Å². The number of hydrogen-bond acceptors (Lipinski definition) is 2. The van der Waals surface area contributed by atoms with Gasteiger partial charge < -0.3 is 0 Å². The van der Waals surface area contributed by atoms with Gasteiger partial charge in [-0.3, -0.25) is 0 Å². The first kappa shape index (κ1) is 13.9. The molecular formula is C13H19NO2S. The highest BCUT2D eigenvalue weighted by Crippen LogP contribution is 2.16. The van der Waals surface area contributed by atoms with Gasteiger partial charge >= 0.3 is 0 Å². The topological polar surface area (TPSA) is 46.2 Å². The Balaban J connectivity index is 2.86. The van der Waals surface area contributed by atoms with Crippen molar-refractivity contribution in [2.45, 2.75) is 32.1 Å². The van der Waals surface area contributed by atoms with Crippen molar-refractivity contribution in [3.05, 3.63) is 41.5 Å². The highest BCUT2D eigenvalue weighted by atomic mass is 32.2. The number of rotatable bonds is 5. The molecule has 94 valence electrons. The summed E-state index contributed by atoms with van der Waals surface area (Å²) in [5.74, 6) is 0. The SMILES string of the molecule is C/C=C/CCNS(=O)(=O)c1cc(C)ccc1C. The van der Waals surface area contributed by atoms with Gasteiger partial charge in [-0.1, -0.05) is 24.3 Å². The number of benzene rings is 1. The summed E-state index contributed by atoms with van der Waals surface area (Å²) in [5, 5.41) is 0. The molecule has 1 rings (SSSR count). The van der Waals surface area contributed by atoms with Crippen LogP contribution in [-0.2, 0) is 10.0 Å². The summed E-state index contributed by atoms with van der Waals surface area (Å²) in [4.78, 5) is 0.373. The van der Waals surface area contributed by atoms with Gasteiger partial charge in [-0.2, -0.15) is 0 Å². The van der Waals surface area contributed by atoms with Gasteiger partial charge in [0, 0.05) is 6.54 Å². The van der Waals surface area contributed by atoms with E-state index in [1.165, 1.54) is 0 Å². The van der Waals surface area contributed by atoms with Gasteiger partial charge in [0.05, 0.1) is 4.90 Å². The summed E-state index contributed by atoms with van der Waals surface area (Å²) < 4.78 is 26.7. The molecule has 0 bridgehead atoms. The Bertz CT molecular complexity index is 504. The molecule has 0 aliphatic heterocycles. The lowest BCUT2D eigenvalue weighted by Crippen LogP contribution is -2.25. The molecule has 0 aliphatic carbocycles. The maximum atomic E-state index is 12.0. The number of hydrogen-bond donors (Lipinski definition) is 1. The third-order valence-corrected chi connectivity index (χ3v) is 4.07.